The second kappa shape index (κ2) is 3.76. The molecule has 87 valence electrons. The van der Waals surface area contributed by atoms with Crippen molar-refractivity contribution in [2.24, 2.45) is 5.16 Å². The van der Waals surface area contributed by atoms with Crippen LogP contribution in [0, 0.1) is 6.92 Å². The molecule has 0 N–H and O–H groups in total. The molecule has 2 heterocycles. The molecule has 3 rings (SSSR count). The number of hydrogen-bond acceptors (Lipinski definition) is 4. The van der Waals surface area contributed by atoms with Crippen LogP contribution in [0.2, 0.25) is 0 Å². The van der Waals surface area contributed by atoms with Crippen LogP contribution in [0.25, 0.3) is 0 Å². The first-order chi connectivity index (χ1) is 8.25. The molecule has 1 aromatic carbocycles. The highest BCUT2D eigenvalue weighted by Crippen LogP contribution is 2.36. The van der Waals surface area contributed by atoms with E-state index in [0.717, 1.165) is 5.56 Å². The molecule has 1 radical (unpaired) electrons. The van der Waals surface area contributed by atoms with E-state index in [1.165, 1.54) is 4.90 Å². The van der Waals surface area contributed by atoms with Gasteiger partial charge in [0.05, 0.1) is 12.2 Å². The van der Waals surface area contributed by atoms with E-state index in [9.17, 15) is 4.79 Å². The van der Waals surface area contributed by atoms with Gasteiger partial charge < -0.3 is 9.57 Å². The van der Waals surface area contributed by atoms with Crippen molar-refractivity contribution in [3.63, 3.8) is 0 Å². The van der Waals surface area contributed by atoms with Crippen LogP contribution in [0.4, 0.5) is 10.5 Å². The fourth-order valence-corrected chi connectivity index (χ4v) is 1.99. The third kappa shape index (κ3) is 1.63. The normalized spacial score (nSPS) is 22.1. The van der Waals surface area contributed by atoms with E-state index in [2.05, 4.69) is 12.1 Å². The van der Waals surface area contributed by atoms with Crippen LogP contribution in [0.15, 0.2) is 23.4 Å². The Morgan fingerprint density at radius 2 is 2.35 bits per heavy atom. The standard InChI is InChI=1S/C12H11N2O3/c1-8-7-14(12(15)16-8)10-4-2-3-9-5-6-13-17-11(9)10/h2-4,6,8H,1,5,7H2/t8-/m0/s1. The van der Waals surface area contributed by atoms with Crippen LogP contribution in [-0.4, -0.2) is 25.0 Å². The zero-order valence-electron chi connectivity index (χ0n) is 9.13. The molecule has 0 bridgehead atoms. The Morgan fingerprint density at radius 3 is 3.12 bits per heavy atom. The third-order valence-corrected chi connectivity index (χ3v) is 2.77. The highest BCUT2D eigenvalue weighted by atomic mass is 16.6. The molecule has 0 aliphatic carbocycles. The van der Waals surface area contributed by atoms with Crippen molar-refractivity contribution in [2.75, 3.05) is 11.4 Å². The van der Waals surface area contributed by atoms with Crippen molar-refractivity contribution in [3.05, 3.63) is 30.7 Å². The summed E-state index contributed by atoms with van der Waals surface area (Å²) in [6, 6.07) is 5.66. The molecule has 0 unspecified atom stereocenters. The van der Waals surface area contributed by atoms with Crippen molar-refractivity contribution in [1.82, 2.24) is 0 Å². The first kappa shape index (κ1) is 10.1. The van der Waals surface area contributed by atoms with Crippen LogP contribution < -0.4 is 9.74 Å². The Hall–Kier alpha value is -2.04. The third-order valence-electron chi connectivity index (χ3n) is 2.77. The molecule has 17 heavy (non-hydrogen) atoms. The van der Waals surface area contributed by atoms with E-state index in [-0.39, 0.29) is 6.10 Å². The maximum Gasteiger partial charge on any atom is 0.414 e. The number of oxime groups is 1. The highest BCUT2D eigenvalue weighted by molar-refractivity contribution is 5.92. The Kier molecular flexibility index (Phi) is 2.24. The fraction of sp³-hybridized carbons (Fsp3) is 0.250. The zero-order chi connectivity index (χ0) is 11.8. The number of benzene rings is 1. The van der Waals surface area contributed by atoms with E-state index in [1.807, 2.05) is 18.2 Å². The van der Waals surface area contributed by atoms with Gasteiger partial charge in [0.15, 0.2) is 5.75 Å². The number of cyclic esters (lactones) is 1. The van der Waals surface area contributed by atoms with Gasteiger partial charge in [0, 0.05) is 18.2 Å². The molecule has 1 atom stereocenters. The molecule has 1 saturated heterocycles. The van der Waals surface area contributed by atoms with E-state index < -0.39 is 6.09 Å². The summed E-state index contributed by atoms with van der Waals surface area (Å²) < 4.78 is 5.00. The Balaban J connectivity index is 2.02. The minimum absolute atomic E-state index is 0.342. The van der Waals surface area contributed by atoms with Gasteiger partial charge in [-0.15, -0.1) is 0 Å². The topological polar surface area (TPSA) is 51.1 Å². The molecule has 5 nitrogen and oxygen atoms in total. The Labute approximate surface area is 98.6 Å². The van der Waals surface area contributed by atoms with Crippen molar-refractivity contribution >= 4 is 18.0 Å². The number of carbonyl (C=O) groups is 1. The fourth-order valence-electron chi connectivity index (χ4n) is 1.99. The molecule has 5 heteroatoms. The number of ether oxygens (including phenoxy) is 1. The molecule has 2 aliphatic heterocycles. The lowest BCUT2D eigenvalue weighted by Gasteiger charge is -2.19. The number of rotatable bonds is 1. The maximum absolute atomic E-state index is 11.6. The monoisotopic (exact) mass is 231 g/mol. The van der Waals surface area contributed by atoms with Crippen LogP contribution >= 0.6 is 0 Å². The molecule has 1 amide bonds. The lowest BCUT2D eigenvalue weighted by Crippen LogP contribution is -2.25. The molecule has 0 aromatic heterocycles. The van der Waals surface area contributed by atoms with Gasteiger partial charge in [-0.25, -0.2) is 4.79 Å². The summed E-state index contributed by atoms with van der Waals surface area (Å²) in [4.78, 5) is 18.4. The number of anilines is 1. The Morgan fingerprint density at radius 1 is 1.47 bits per heavy atom. The molecule has 0 saturated carbocycles. The lowest BCUT2D eigenvalue weighted by atomic mass is 10.1. The minimum Gasteiger partial charge on any atom is -0.444 e. The quantitative estimate of drug-likeness (QED) is 0.740. The molecule has 0 spiro atoms. The van der Waals surface area contributed by atoms with Crippen molar-refractivity contribution in [3.8, 4) is 5.75 Å². The van der Waals surface area contributed by atoms with E-state index in [4.69, 9.17) is 9.57 Å². The number of hydrogen-bond donors (Lipinski definition) is 0. The van der Waals surface area contributed by atoms with Crippen LogP contribution in [0.5, 0.6) is 5.75 Å². The summed E-state index contributed by atoms with van der Waals surface area (Å²) in [7, 11) is 0. The number of fused-ring (bicyclic) bond motifs is 1. The summed E-state index contributed by atoms with van der Waals surface area (Å²) in [5.41, 5.74) is 1.70. The average molecular weight is 231 g/mol. The molecule has 2 aliphatic rings. The van der Waals surface area contributed by atoms with E-state index >= 15 is 0 Å². The van der Waals surface area contributed by atoms with Gasteiger partial charge >= 0.3 is 6.09 Å². The number of carbonyl (C=O) groups excluding carboxylic acids is 1. The second-order valence-corrected chi connectivity index (χ2v) is 3.97. The zero-order valence-corrected chi connectivity index (χ0v) is 9.13. The van der Waals surface area contributed by atoms with Crippen molar-refractivity contribution in [1.29, 1.82) is 0 Å². The van der Waals surface area contributed by atoms with Gasteiger partial charge in [-0.3, -0.25) is 4.90 Å². The van der Waals surface area contributed by atoms with Crippen molar-refractivity contribution in [2.45, 2.75) is 12.5 Å². The SMILES string of the molecule is [CH2][C@H]1CN(c2cccc3c2ON=CC3)C(=O)O1. The number of nitrogens with zero attached hydrogens (tertiary/aromatic N) is 2. The number of para-hydroxylation sites is 1. The summed E-state index contributed by atoms with van der Waals surface area (Å²) in [6.45, 7) is 4.15. The smallest absolute Gasteiger partial charge is 0.414 e. The van der Waals surface area contributed by atoms with Crippen molar-refractivity contribution < 1.29 is 14.4 Å². The first-order valence-electron chi connectivity index (χ1n) is 5.37. The highest BCUT2D eigenvalue weighted by Gasteiger charge is 2.32. The average Bonchev–Trinajstić information content (AvgIpc) is 2.68. The van der Waals surface area contributed by atoms with Gasteiger partial charge in [-0.2, -0.15) is 0 Å². The number of amides is 1. The predicted octanol–water partition coefficient (Wildman–Crippen LogP) is 1.77. The van der Waals surface area contributed by atoms with Crippen LogP contribution in [0.3, 0.4) is 0 Å². The van der Waals surface area contributed by atoms with E-state index in [1.54, 1.807) is 6.21 Å². The predicted molar refractivity (Wildman–Crippen MR) is 62.2 cm³/mol. The summed E-state index contributed by atoms with van der Waals surface area (Å²) in [6.07, 6.45) is 1.67. The molecule has 1 fully saturated rings. The van der Waals surface area contributed by atoms with Crippen LogP contribution in [-0.2, 0) is 11.2 Å². The first-order valence-corrected chi connectivity index (χ1v) is 5.37. The van der Waals surface area contributed by atoms with Gasteiger partial charge in [-0.05, 0) is 13.0 Å². The summed E-state index contributed by atoms with van der Waals surface area (Å²) in [5, 5.41) is 3.78. The van der Waals surface area contributed by atoms with Gasteiger partial charge in [-0.1, -0.05) is 17.3 Å². The van der Waals surface area contributed by atoms with Crippen LogP contribution in [0.1, 0.15) is 5.56 Å². The van der Waals surface area contributed by atoms with Gasteiger partial charge in [0.1, 0.15) is 6.10 Å². The summed E-state index contributed by atoms with van der Waals surface area (Å²) >= 11 is 0. The van der Waals surface area contributed by atoms with E-state index in [0.29, 0.717) is 24.4 Å². The minimum atomic E-state index is -0.392. The molecule has 1 aromatic rings. The second-order valence-electron chi connectivity index (χ2n) is 3.97. The van der Waals surface area contributed by atoms with Gasteiger partial charge in [0.25, 0.3) is 0 Å². The maximum atomic E-state index is 11.6. The van der Waals surface area contributed by atoms with Gasteiger partial charge in [0.2, 0.25) is 0 Å². The lowest BCUT2D eigenvalue weighted by molar-refractivity contribution is 0.159. The molecular formula is C12H11N2O3. The molecular weight excluding hydrogens is 220 g/mol. The Bertz CT molecular complexity index is 499. The summed E-state index contributed by atoms with van der Waals surface area (Å²) in [5.74, 6) is 0.626. The largest absolute Gasteiger partial charge is 0.444 e.